The first kappa shape index (κ1) is 12.1. The first-order valence-corrected chi connectivity index (χ1v) is 6.99. The first-order chi connectivity index (χ1) is 8.78. The van der Waals surface area contributed by atoms with Gasteiger partial charge in [-0.15, -0.1) is 0 Å². The third-order valence-corrected chi connectivity index (χ3v) is 4.22. The molecule has 1 fully saturated rings. The molecule has 2 unspecified atom stereocenters. The highest BCUT2D eigenvalue weighted by atomic mass is 35.5. The Morgan fingerprint density at radius 2 is 2.22 bits per heavy atom. The molecule has 0 amide bonds. The predicted molar refractivity (Wildman–Crippen MR) is 75.2 cm³/mol. The van der Waals surface area contributed by atoms with Crippen LogP contribution in [0.15, 0.2) is 28.7 Å². The van der Waals surface area contributed by atoms with E-state index in [1.165, 1.54) is 19.3 Å². The lowest BCUT2D eigenvalue weighted by molar-refractivity contribution is 0.399. The standard InChI is InChI=1S/C15H18ClNO/c1-17-9-10-3-2-4-13(10)15-8-11-7-12(16)5-6-14(11)18-15/h5-8,10,13,17H,2-4,9H2,1H3. The topological polar surface area (TPSA) is 25.2 Å². The molecule has 0 spiro atoms. The molecule has 2 nitrogen and oxygen atoms in total. The average Bonchev–Trinajstić information content (AvgIpc) is 2.94. The normalized spacial score (nSPS) is 23.9. The molecule has 0 saturated heterocycles. The van der Waals surface area contributed by atoms with Crippen molar-refractivity contribution in [2.75, 3.05) is 13.6 Å². The van der Waals surface area contributed by atoms with E-state index in [9.17, 15) is 0 Å². The number of hydrogen-bond donors (Lipinski definition) is 1. The predicted octanol–water partition coefficient (Wildman–Crippen LogP) is 4.19. The molecule has 1 N–H and O–H groups in total. The van der Waals surface area contributed by atoms with Crippen molar-refractivity contribution >= 4 is 22.6 Å². The maximum Gasteiger partial charge on any atom is 0.134 e. The third-order valence-electron chi connectivity index (χ3n) is 3.99. The van der Waals surface area contributed by atoms with Gasteiger partial charge in [-0.3, -0.25) is 0 Å². The van der Waals surface area contributed by atoms with Crippen LogP contribution < -0.4 is 5.32 Å². The van der Waals surface area contributed by atoms with Crippen molar-refractivity contribution in [3.05, 3.63) is 35.0 Å². The van der Waals surface area contributed by atoms with Gasteiger partial charge < -0.3 is 9.73 Å². The summed E-state index contributed by atoms with van der Waals surface area (Å²) >= 11 is 6.01. The second-order valence-electron chi connectivity index (χ2n) is 5.19. The summed E-state index contributed by atoms with van der Waals surface area (Å²) in [6.45, 7) is 1.07. The quantitative estimate of drug-likeness (QED) is 0.898. The SMILES string of the molecule is CNCC1CCCC1c1cc2cc(Cl)ccc2o1. The van der Waals surface area contributed by atoms with E-state index in [1.807, 2.05) is 25.2 Å². The van der Waals surface area contributed by atoms with E-state index in [2.05, 4.69) is 11.4 Å². The number of rotatable bonds is 3. The van der Waals surface area contributed by atoms with Gasteiger partial charge in [0, 0.05) is 16.3 Å². The average molecular weight is 264 g/mol. The zero-order valence-corrected chi connectivity index (χ0v) is 11.3. The molecule has 2 atom stereocenters. The van der Waals surface area contributed by atoms with Crippen LogP contribution >= 0.6 is 11.6 Å². The number of halogens is 1. The Hall–Kier alpha value is -0.990. The minimum Gasteiger partial charge on any atom is -0.461 e. The van der Waals surface area contributed by atoms with Gasteiger partial charge in [0.15, 0.2) is 0 Å². The first-order valence-electron chi connectivity index (χ1n) is 6.61. The van der Waals surface area contributed by atoms with Gasteiger partial charge in [0.05, 0.1) is 0 Å². The Kier molecular flexibility index (Phi) is 3.31. The van der Waals surface area contributed by atoms with Gasteiger partial charge in [0.1, 0.15) is 11.3 Å². The van der Waals surface area contributed by atoms with Gasteiger partial charge in [-0.25, -0.2) is 0 Å². The molecule has 0 aliphatic heterocycles. The number of furan rings is 1. The fourth-order valence-electron chi connectivity index (χ4n) is 3.14. The van der Waals surface area contributed by atoms with E-state index < -0.39 is 0 Å². The van der Waals surface area contributed by atoms with Crippen molar-refractivity contribution in [2.24, 2.45) is 5.92 Å². The van der Waals surface area contributed by atoms with Crippen LogP contribution in [0.2, 0.25) is 5.02 Å². The maximum absolute atomic E-state index is 6.01. The second kappa shape index (κ2) is 4.94. The van der Waals surface area contributed by atoms with Gasteiger partial charge in [-0.05, 0) is 56.6 Å². The Labute approximate surface area is 112 Å². The lowest BCUT2D eigenvalue weighted by Crippen LogP contribution is -2.20. The Balaban J connectivity index is 1.93. The van der Waals surface area contributed by atoms with Crippen LogP contribution in [0.5, 0.6) is 0 Å². The highest BCUT2D eigenvalue weighted by Gasteiger charge is 2.30. The zero-order valence-electron chi connectivity index (χ0n) is 10.6. The number of hydrogen-bond acceptors (Lipinski definition) is 2. The van der Waals surface area contributed by atoms with E-state index in [4.69, 9.17) is 16.0 Å². The van der Waals surface area contributed by atoms with Crippen molar-refractivity contribution in [1.82, 2.24) is 5.32 Å². The van der Waals surface area contributed by atoms with Crippen LogP contribution in [0.4, 0.5) is 0 Å². The van der Waals surface area contributed by atoms with E-state index in [-0.39, 0.29) is 0 Å². The fraction of sp³-hybridized carbons (Fsp3) is 0.467. The van der Waals surface area contributed by atoms with Gasteiger partial charge in [-0.2, -0.15) is 0 Å². The molecule has 3 rings (SSSR count). The molecule has 1 aliphatic carbocycles. The smallest absolute Gasteiger partial charge is 0.134 e. The molecule has 1 aromatic carbocycles. The second-order valence-corrected chi connectivity index (χ2v) is 5.62. The summed E-state index contributed by atoms with van der Waals surface area (Å²) < 4.78 is 6.00. The van der Waals surface area contributed by atoms with Crippen molar-refractivity contribution in [3.8, 4) is 0 Å². The van der Waals surface area contributed by atoms with E-state index >= 15 is 0 Å². The lowest BCUT2D eigenvalue weighted by atomic mass is 9.93. The molecule has 2 aromatic rings. The van der Waals surface area contributed by atoms with Gasteiger partial charge in [-0.1, -0.05) is 18.0 Å². The molecular formula is C15H18ClNO. The molecule has 3 heteroatoms. The molecular weight excluding hydrogens is 246 g/mol. The van der Waals surface area contributed by atoms with Crippen LogP contribution in [0, 0.1) is 5.92 Å². The minimum atomic E-state index is 0.559. The monoisotopic (exact) mass is 263 g/mol. The minimum absolute atomic E-state index is 0.559. The van der Waals surface area contributed by atoms with Crippen molar-refractivity contribution in [3.63, 3.8) is 0 Å². The van der Waals surface area contributed by atoms with Gasteiger partial charge >= 0.3 is 0 Å². The molecule has 1 saturated carbocycles. The summed E-state index contributed by atoms with van der Waals surface area (Å²) in [5.41, 5.74) is 0.949. The van der Waals surface area contributed by atoms with Crippen LogP contribution in [-0.2, 0) is 0 Å². The highest BCUT2D eigenvalue weighted by Crippen LogP contribution is 2.41. The van der Waals surface area contributed by atoms with E-state index in [0.29, 0.717) is 11.8 Å². The van der Waals surface area contributed by atoms with Gasteiger partial charge in [0.25, 0.3) is 0 Å². The molecule has 0 bridgehead atoms. The molecule has 1 aromatic heterocycles. The fourth-order valence-corrected chi connectivity index (χ4v) is 3.32. The van der Waals surface area contributed by atoms with Crippen molar-refractivity contribution in [1.29, 1.82) is 0 Å². The number of benzene rings is 1. The summed E-state index contributed by atoms with van der Waals surface area (Å²) in [5, 5.41) is 5.18. The zero-order chi connectivity index (χ0) is 12.5. The summed E-state index contributed by atoms with van der Waals surface area (Å²) in [6, 6.07) is 7.99. The van der Waals surface area contributed by atoms with Crippen LogP contribution in [0.3, 0.4) is 0 Å². The molecule has 1 aliphatic rings. The summed E-state index contributed by atoms with van der Waals surface area (Å²) in [6.07, 6.45) is 3.83. The lowest BCUT2D eigenvalue weighted by Gasteiger charge is -2.16. The Morgan fingerprint density at radius 1 is 1.33 bits per heavy atom. The highest BCUT2D eigenvalue weighted by molar-refractivity contribution is 6.31. The Morgan fingerprint density at radius 3 is 3.06 bits per heavy atom. The summed E-state index contributed by atoms with van der Waals surface area (Å²) in [4.78, 5) is 0. The largest absolute Gasteiger partial charge is 0.461 e. The molecule has 18 heavy (non-hydrogen) atoms. The van der Waals surface area contributed by atoms with Crippen molar-refractivity contribution < 1.29 is 4.42 Å². The summed E-state index contributed by atoms with van der Waals surface area (Å²) in [5.74, 6) is 2.39. The maximum atomic E-state index is 6.01. The molecule has 96 valence electrons. The molecule has 1 heterocycles. The third kappa shape index (κ3) is 2.15. The summed E-state index contributed by atoms with van der Waals surface area (Å²) in [7, 11) is 2.02. The van der Waals surface area contributed by atoms with E-state index in [1.54, 1.807) is 0 Å². The van der Waals surface area contributed by atoms with Crippen LogP contribution in [0.25, 0.3) is 11.0 Å². The Bertz CT molecular complexity index is 548. The number of fused-ring (bicyclic) bond motifs is 1. The van der Waals surface area contributed by atoms with Crippen molar-refractivity contribution in [2.45, 2.75) is 25.2 Å². The molecule has 0 radical (unpaired) electrons. The van der Waals surface area contributed by atoms with Crippen LogP contribution in [0.1, 0.15) is 30.9 Å². The van der Waals surface area contributed by atoms with E-state index in [0.717, 1.165) is 28.3 Å². The van der Waals surface area contributed by atoms with Crippen LogP contribution in [-0.4, -0.2) is 13.6 Å². The number of nitrogens with one attached hydrogen (secondary N) is 1. The van der Waals surface area contributed by atoms with Gasteiger partial charge in [0.2, 0.25) is 0 Å².